The van der Waals surface area contributed by atoms with E-state index in [1.54, 1.807) is 6.07 Å². The number of benzene rings is 2. The molecule has 4 rings (SSSR count). The van der Waals surface area contributed by atoms with E-state index in [0.717, 1.165) is 43.5 Å². The highest BCUT2D eigenvalue weighted by atomic mass is 32.2. The molecule has 0 spiro atoms. The van der Waals surface area contributed by atoms with Gasteiger partial charge in [-0.1, -0.05) is 24.3 Å². The highest BCUT2D eigenvalue weighted by molar-refractivity contribution is 7.97. The summed E-state index contributed by atoms with van der Waals surface area (Å²) in [4.78, 5) is 2.92. The summed E-state index contributed by atoms with van der Waals surface area (Å²) < 4.78 is 43.9. The molecule has 1 atom stereocenters. The van der Waals surface area contributed by atoms with E-state index in [4.69, 9.17) is 0 Å². The van der Waals surface area contributed by atoms with Crippen molar-refractivity contribution in [2.24, 2.45) is 0 Å². The molecule has 3 aromatic rings. The Labute approximate surface area is 178 Å². The zero-order valence-corrected chi connectivity index (χ0v) is 17.4. The van der Waals surface area contributed by atoms with Crippen molar-refractivity contribution < 1.29 is 13.2 Å². The summed E-state index contributed by atoms with van der Waals surface area (Å²) in [6.45, 7) is 4.67. The molecule has 0 radical (unpaired) electrons. The molecular formula is C22H23F3N4S. The molecule has 1 fully saturated rings. The zero-order chi connectivity index (χ0) is 21.1. The van der Waals surface area contributed by atoms with Gasteiger partial charge in [0.25, 0.3) is 0 Å². The molecule has 4 nitrogen and oxygen atoms in total. The lowest BCUT2D eigenvalue weighted by Gasteiger charge is -2.16. The molecule has 0 aliphatic carbocycles. The van der Waals surface area contributed by atoms with Crippen LogP contribution in [0.1, 0.15) is 23.2 Å². The fourth-order valence-electron chi connectivity index (χ4n) is 3.63. The van der Waals surface area contributed by atoms with Crippen molar-refractivity contribution >= 4 is 11.9 Å². The molecule has 0 saturated carbocycles. The minimum absolute atomic E-state index is 0.231. The summed E-state index contributed by atoms with van der Waals surface area (Å²) in [6, 6.07) is 15.7. The van der Waals surface area contributed by atoms with Gasteiger partial charge in [0.05, 0.1) is 17.4 Å². The first-order chi connectivity index (χ1) is 14.4. The van der Waals surface area contributed by atoms with Crippen molar-refractivity contribution in [3.05, 3.63) is 77.6 Å². The van der Waals surface area contributed by atoms with Gasteiger partial charge in [0, 0.05) is 41.8 Å². The minimum atomic E-state index is -4.32. The van der Waals surface area contributed by atoms with Gasteiger partial charge in [-0.2, -0.15) is 18.3 Å². The van der Waals surface area contributed by atoms with E-state index >= 15 is 0 Å². The van der Waals surface area contributed by atoms with Gasteiger partial charge in [-0.15, -0.1) is 0 Å². The smallest absolute Gasteiger partial charge is 0.297 e. The number of rotatable bonds is 6. The van der Waals surface area contributed by atoms with Gasteiger partial charge in [-0.3, -0.25) is 9.62 Å². The van der Waals surface area contributed by atoms with E-state index in [1.807, 2.05) is 41.2 Å². The highest BCUT2D eigenvalue weighted by Crippen LogP contribution is 2.31. The molecule has 1 N–H and O–H groups in total. The van der Waals surface area contributed by atoms with Crippen LogP contribution >= 0.6 is 11.9 Å². The fraction of sp³-hybridized carbons (Fsp3) is 0.318. The van der Waals surface area contributed by atoms with Crippen LogP contribution in [-0.4, -0.2) is 33.8 Å². The quantitative estimate of drug-likeness (QED) is 0.552. The standard InChI is InChI=1S/C22H23F3N4S/c1-16-17(13-26-29(16)20-7-3-2-4-8-20)14-28-11-10-19(15-28)27-30-21-9-5-6-18(12-21)22(23,24)25/h2-9,12-13,19,27H,10-11,14-15H2,1H3. The van der Waals surface area contributed by atoms with Crippen LogP contribution in [0.2, 0.25) is 0 Å². The van der Waals surface area contributed by atoms with Crippen molar-refractivity contribution in [1.29, 1.82) is 0 Å². The summed E-state index contributed by atoms with van der Waals surface area (Å²) in [5.74, 6) is 0. The van der Waals surface area contributed by atoms with E-state index in [0.29, 0.717) is 4.90 Å². The molecule has 1 aromatic heterocycles. The molecule has 1 aliphatic heterocycles. The van der Waals surface area contributed by atoms with E-state index in [1.165, 1.54) is 29.6 Å². The molecular weight excluding hydrogens is 409 g/mol. The number of nitrogens with zero attached hydrogens (tertiary/aromatic N) is 3. The van der Waals surface area contributed by atoms with Crippen LogP contribution in [0.15, 0.2) is 65.7 Å². The first kappa shape index (κ1) is 21.0. The number of likely N-dealkylation sites (tertiary alicyclic amines) is 1. The molecule has 0 bridgehead atoms. The first-order valence-electron chi connectivity index (χ1n) is 9.81. The number of hydrogen-bond donors (Lipinski definition) is 1. The van der Waals surface area contributed by atoms with Crippen LogP contribution in [0.4, 0.5) is 13.2 Å². The third-order valence-corrected chi connectivity index (χ3v) is 6.22. The van der Waals surface area contributed by atoms with Crippen molar-refractivity contribution in [3.63, 3.8) is 0 Å². The number of halogens is 3. The zero-order valence-electron chi connectivity index (χ0n) is 16.6. The Morgan fingerprint density at radius 3 is 2.70 bits per heavy atom. The molecule has 1 aliphatic rings. The summed E-state index contributed by atoms with van der Waals surface area (Å²) in [7, 11) is 0. The van der Waals surface area contributed by atoms with Crippen LogP contribution < -0.4 is 4.72 Å². The first-order valence-corrected chi connectivity index (χ1v) is 10.6. The van der Waals surface area contributed by atoms with Gasteiger partial charge >= 0.3 is 6.18 Å². The minimum Gasteiger partial charge on any atom is -0.297 e. The van der Waals surface area contributed by atoms with Gasteiger partial charge in [0.15, 0.2) is 0 Å². The number of alkyl halides is 3. The van der Waals surface area contributed by atoms with Gasteiger partial charge in [-0.05, 0) is 55.6 Å². The van der Waals surface area contributed by atoms with Crippen LogP contribution in [-0.2, 0) is 12.7 Å². The Bertz CT molecular complexity index is 988. The van der Waals surface area contributed by atoms with E-state index < -0.39 is 11.7 Å². The van der Waals surface area contributed by atoms with Crippen LogP contribution in [0.25, 0.3) is 5.69 Å². The van der Waals surface area contributed by atoms with Crippen LogP contribution in [0, 0.1) is 6.92 Å². The summed E-state index contributed by atoms with van der Waals surface area (Å²) in [5.41, 5.74) is 2.73. The lowest BCUT2D eigenvalue weighted by atomic mass is 10.2. The van der Waals surface area contributed by atoms with Crippen molar-refractivity contribution in [1.82, 2.24) is 19.4 Å². The Hall–Kier alpha value is -2.29. The summed E-state index contributed by atoms with van der Waals surface area (Å²) >= 11 is 1.27. The molecule has 1 unspecified atom stereocenters. The Kier molecular flexibility index (Phi) is 6.17. The third kappa shape index (κ3) is 4.88. The highest BCUT2D eigenvalue weighted by Gasteiger charge is 2.30. The van der Waals surface area contributed by atoms with E-state index in [-0.39, 0.29) is 6.04 Å². The second-order valence-corrected chi connectivity index (χ2v) is 8.38. The number of para-hydroxylation sites is 1. The van der Waals surface area contributed by atoms with Crippen molar-refractivity contribution in [2.45, 2.75) is 37.0 Å². The number of nitrogens with one attached hydrogen (secondary N) is 1. The molecule has 0 amide bonds. The second-order valence-electron chi connectivity index (χ2n) is 7.47. The summed E-state index contributed by atoms with van der Waals surface area (Å²) in [6.07, 6.45) is -1.44. The van der Waals surface area contributed by atoms with E-state index in [9.17, 15) is 13.2 Å². The lowest BCUT2D eigenvalue weighted by Crippen LogP contribution is -2.28. The maximum atomic E-state index is 12.9. The molecule has 8 heteroatoms. The molecule has 30 heavy (non-hydrogen) atoms. The van der Waals surface area contributed by atoms with Crippen LogP contribution in [0.5, 0.6) is 0 Å². The maximum absolute atomic E-state index is 12.9. The van der Waals surface area contributed by atoms with Gasteiger partial charge in [0.2, 0.25) is 0 Å². The van der Waals surface area contributed by atoms with Crippen LogP contribution in [0.3, 0.4) is 0 Å². The topological polar surface area (TPSA) is 33.1 Å². The molecule has 2 heterocycles. The Morgan fingerprint density at radius 1 is 1.13 bits per heavy atom. The van der Waals surface area contributed by atoms with Gasteiger partial charge in [0.1, 0.15) is 0 Å². The van der Waals surface area contributed by atoms with Gasteiger partial charge in [-0.25, -0.2) is 4.68 Å². The van der Waals surface area contributed by atoms with Gasteiger partial charge < -0.3 is 0 Å². The average molecular weight is 433 g/mol. The molecule has 158 valence electrons. The lowest BCUT2D eigenvalue weighted by molar-refractivity contribution is -0.137. The average Bonchev–Trinajstić information content (AvgIpc) is 3.34. The Balaban J connectivity index is 1.32. The third-order valence-electron chi connectivity index (χ3n) is 5.28. The monoisotopic (exact) mass is 432 g/mol. The summed E-state index contributed by atoms with van der Waals surface area (Å²) in [5, 5.41) is 4.53. The second kappa shape index (κ2) is 8.83. The van der Waals surface area contributed by atoms with Crippen molar-refractivity contribution in [3.8, 4) is 5.69 Å². The normalized spacial score (nSPS) is 17.5. The predicted molar refractivity (Wildman–Crippen MR) is 112 cm³/mol. The SMILES string of the molecule is Cc1c(CN2CCC(NSc3cccc(C(F)(F)F)c3)C2)cnn1-c1ccccc1. The molecule has 1 saturated heterocycles. The Morgan fingerprint density at radius 2 is 1.93 bits per heavy atom. The fourth-order valence-corrected chi connectivity index (χ4v) is 4.46. The predicted octanol–water partition coefficient (Wildman–Crippen LogP) is 5.07. The largest absolute Gasteiger partial charge is 0.416 e. The van der Waals surface area contributed by atoms with E-state index in [2.05, 4.69) is 21.6 Å². The molecule has 2 aromatic carbocycles. The number of aromatic nitrogens is 2. The maximum Gasteiger partial charge on any atom is 0.416 e. The number of hydrogen-bond acceptors (Lipinski definition) is 4. The van der Waals surface area contributed by atoms with Crippen molar-refractivity contribution in [2.75, 3.05) is 13.1 Å².